The van der Waals surface area contributed by atoms with E-state index in [-0.39, 0.29) is 5.91 Å². The molecule has 1 aromatic heterocycles. The quantitative estimate of drug-likeness (QED) is 0.849. The van der Waals surface area contributed by atoms with E-state index in [1.807, 2.05) is 47.5 Å². The summed E-state index contributed by atoms with van der Waals surface area (Å²) in [4.78, 5) is 19.1. The molecule has 2 heterocycles. The molecule has 0 spiro atoms. The SMILES string of the molecule is COc1cccc(CC(=O)N2CCC[C@H](Cc3ccccn3)C2)c1. The lowest BCUT2D eigenvalue weighted by atomic mass is 9.93. The summed E-state index contributed by atoms with van der Waals surface area (Å²) in [6, 6.07) is 13.8. The van der Waals surface area contributed by atoms with Crippen LogP contribution in [0.15, 0.2) is 48.7 Å². The Balaban J connectivity index is 1.58. The van der Waals surface area contributed by atoms with Crippen LogP contribution in [0.25, 0.3) is 0 Å². The Labute approximate surface area is 143 Å². The van der Waals surface area contributed by atoms with Gasteiger partial charge in [0.1, 0.15) is 5.75 Å². The van der Waals surface area contributed by atoms with Gasteiger partial charge in [0.2, 0.25) is 5.91 Å². The van der Waals surface area contributed by atoms with Gasteiger partial charge in [-0.1, -0.05) is 18.2 Å². The number of ether oxygens (including phenoxy) is 1. The highest BCUT2D eigenvalue weighted by Gasteiger charge is 2.24. The van der Waals surface area contributed by atoms with Crippen LogP contribution in [-0.4, -0.2) is 36.0 Å². The number of aromatic nitrogens is 1. The number of carbonyl (C=O) groups excluding carboxylic acids is 1. The maximum Gasteiger partial charge on any atom is 0.227 e. The molecule has 1 fully saturated rings. The van der Waals surface area contributed by atoms with E-state index in [9.17, 15) is 4.79 Å². The van der Waals surface area contributed by atoms with Crippen LogP contribution in [0.4, 0.5) is 0 Å². The Kier molecular flexibility index (Phi) is 5.47. The second-order valence-corrected chi connectivity index (χ2v) is 6.40. The summed E-state index contributed by atoms with van der Waals surface area (Å²) < 4.78 is 5.23. The number of hydrogen-bond acceptors (Lipinski definition) is 3. The molecule has 1 atom stereocenters. The number of pyridine rings is 1. The maximum atomic E-state index is 12.6. The van der Waals surface area contributed by atoms with Gasteiger partial charge < -0.3 is 9.64 Å². The molecular formula is C20H24N2O2. The summed E-state index contributed by atoms with van der Waals surface area (Å²) in [5.41, 5.74) is 2.12. The number of piperidine rings is 1. The van der Waals surface area contributed by atoms with Gasteiger partial charge >= 0.3 is 0 Å². The number of amides is 1. The average Bonchev–Trinajstić information content (AvgIpc) is 2.63. The third-order valence-corrected chi connectivity index (χ3v) is 4.59. The second-order valence-electron chi connectivity index (χ2n) is 6.40. The number of hydrogen-bond donors (Lipinski definition) is 0. The van der Waals surface area contributed by atoms with Gasteiger partial charge in [0.15, 0.2) is 0 Å². The Hall–Kier alpha value is -2.36. The van der Waals surface area contributed by atoms with Gasteiger partial charge in [-0.05, 0) is 55.0 Å². The van der Waals surface area contributed by atoms with Crippen molar-refractivity contribution in [1.29, 1.82) is 0 Å². The second kappa shape index (κ2) is 7.95. The Morgan fingerprint density at radius 2 is 2.21 bits per heavy atom. The van der Waals surface area contributed by atoms with Crippen molar-refractivity contribution < 1.29 is 9.53 Å². The number of methoxy groups -OCH3 is 1. The van der Waals surface area contributed by atoms with E-state index >= 15 is 0 Å². The molecule has 1 aromatic carbocycles. The van der Waals surface area contributed by atoms with Crippen molar-refractivity contribution in [2.75, 3.05) is 20.2 Å². The van der Waals surface area contributed by atoms with Crippen molar-refractivity contribution in [1.82, 2.24) is 9.88 Å². The number of nitrogens with zero attached hydrogens (tertiary/aromatic N) is 2. The lowest BCUT2D eigenvalue weighted by Gasteiger charge is -2.33. The van der Waals surface area contributed by atoms with Crippen molar-refractivity contribution >= 4 is 5.91 Å². The number of likely N-dealkylation sites (tertiary alicyclic amines) is 1. The fourth-order valence-electron chi connectivity index (χ4n) is 3.34. The summed E-state index contributed by atoms with van der Waals surface area (Å²) in [5.74, 6) is 1.50. The molecule has 0 bridgehead atoms. The highest BCUT2D eigenvalue weighted by molar-refractivity contribution is 5.79. The van der Waals surface area contributed by atoms with E-state index in [0.29, 0.717) is 12.3 Å². The summed E-state index contributed by atoms with van der Waals surface area (Å²) >= 11 is 0. The molecule has 1 aliphatic heterocycles. The molecule has 24 heavy (non-hydrogen) atoms. The largest absolute Gasteiger partial charge is 0.497 e. The van der Waals surface area contributed by atoms with Crippen LogP contribution in [0, 0.1) is 5.92 Å². The first-order valence-corrected chi connectivity index (χ1v) is 8.55. The molecule has 0 radical (unpaired) electrons. The summed E-state index contributed by atoms with van der Waals surface area (Å²) in [7, 11) is 1.65. The smallest absolute Gasteiger partial charge is 0.227 e. The van der Waals surface area contributed by atoms with Gasteiger partial charge in [-0.15, -0.1) is 0 Å². The van der Waals surface area contributed by atoms with Gasteiger partial charge in [0.05, 0.1) is 13.5 Å². The topological polar surface area (TPSA) is 42.4 Å². The zero-order chi connectivity index (χ0) is 16.8. The highest BCUT2D eigenvalue weighted by atomic mass is 16.5. The van der Waals surface area contributed by atoms with E-state index in [1.165, 1.54) is 6.42 Å². The van der Waals surface area contributed by atoms with E-state index in [4.69, 9.17) is 4.74 Å². The minimum atomic E-state index is 0.203. The van der Waals surface area contributed by atoms with Gasteiger partial charge in [-0.25, -0.2) is 0 Å². The Bertz CT molecular complexity index is 672. The monoisotopic (exact) mass is 324 g/mol. The van der Waals surface area contributed by atoms with Crippen molar-refractivity contribution in [3.63, 3.8) is 0 Å². The van der Waals surface area contributed by atoms with Crippen LogP contribution in [0.2, 0.25) is 0 Å². The number of benzene rings is 1. The van der Waals surface area contributed by atoms with E-state index < -0.39 is 0 Å². The normalized spacial score (nSPS) is 17.5. The molecule has 0 unspecified atom stereocenters. The maximum absolute atomic E-state index is 12.6. The molecule has 126 valence electrons. The molecule has 1 aliphatic rings. The zero-order valence-electron chi connectivity index (χ0n) is 14.1. The van der Waals surface area contributed by atoms with E-state index in [2.05, 4.69) is 11.1 Å². The first-order valence-electron chi connectivity index (χ1n) is 8.55. The van der Waals surface area contributed by atoms with E-state index in [1.54, 1.807) is 7.11 Å². The summed E-state index contributed by atoms with van der Waals surface area (Å²) in [6.45, 7) is 1.70. The molecule has 0 aliphatic carbocycles. The number of carbonyl (C=O) groups is 1. The third-order valence-electron chi connectivity index (χ3n) is 4.59. The van der Waals surface area contributed by atoms with Gasteiger partial charge in [0, 0.05) is 25.0 Å². The van der Waals surface area contributed by atoms with Gasteiger partial charge in [-0.3, -0.25) is 9.78 Å². The van der Waals surface area contributed by atoms with Crippen LogP contribution >= 0.6 is 0 Å². The minimum Gasteiger partial charge on any atom is -0.497 e. The lowest BCUT2D eigenvalue weighted by molar-refractivity contribution is -0.132. The average molecular weight is 324 g/mol. The van der Waals surface area contributed by atoms with Crippen LogP contribution in [0.3, 0.4) is 0 Å². The molecule has 4 heteroatoms. The fraction of sp³-hybridized carbons (Fsp3) is 0.400. The van der Waals surface area contributed by atoms with Crippen LogP contribution in [0.1, 0.15) is 24.1 Å². The van der Waals surface area contributed by atoms with Crippen molar-refractivity contribution in [3.05, 3.63) is 59.9 Å². The van der Waals surface area contributed by atoms with Crippen molar-refractivity contribution in [2.45, 2.75) is 25.7 Å². The van der Waals surface area contributed by atoms with Crippen LogP contribution in [0.5, 0.6) is 5.75 Å². The molecule has 1 saturated heterocycles. The molecule has 1 amide bonds. The first-order chi connectivity index (χ1) is 11.7. The van der Waals surface area contributed by atoms with Crippen LogP contribution in [-0.2, 0) is 17.6 Å². The Morgan fingerprint density at radius 1 is 1.29 bits per heavy atom. The van der Waals surface area contributed by atoms with Crippen LogP contribution < -0.4 is 4.74 Å². The molecular weight excluding hydrogens is 300 g/mol. The predicted molar refractivity (Wildman–Crippen MR) is 93.9 cm³/mol. The molecule has 0 saturated carbocycles. The summed E-state index contributed by atoms with van der Waals surface area (Å²) in [6.07, 6.45) is 5.46. The zero-order valence-corrected chi connectivity index (χ0v) is 14.1. The highest BCUT2D eigenvalue weighted by Crippen LogP contribution is 2.21. The fourth-order valence-corrected chi connectivity index (χ4v) is 3.34. The minimum absolute atomic E-state index is 0.203. The summed E-state index contributed by atoms with van der Waals surface area (Å²) in [5, 5.41) is 0. The first kappa shape index (κ1) is 16.5. The van der Waals surface area contributed by atoms with Gasteiger partial charge in [-0.2, -0.15) is 0 Å². The predicted octanol–water partition coefficient (Wildman–Crippen LogP) is 3.11. The van der Waals surface area contributed by atoms with E-state index in [0.717, 1.165) is 42.9 Å². The van der Waals surface area contributed by atoms with Crippen molar-refractivity contribution in [3.8, 4) is 5.75 Å². The molecule has 2 aromatic rings. The molecule has 0 N–H and O–H groups in total. The lowest BCUT2D eigenvalue weighted by Crippen LogP contribution is -2.41. The van der Waals surface area contributed by atoms with Crippen molar-refractivity contribution in [2.24, 2.45) is 5.92 Å². The Morgan fingerprint density at radius 3 is 3.00 bits per heavy atom. The van der Waals surface area contributed by atoms with Gasteiger partial charge in [0.25, 0.3) is 0 Å². The molecule has 4 nitrogen and oxygen atoms in total. The molecule has 3 rings (SSSR count). The standard InChI is InChI=1S/C20H24N2O2/c1-24-19-9-4-6-16(13-19)14-20(23)22-11-5-7-17(15-22)12-18-8-2-3-10-21-18/h2-4,6,8-10,13,17H,5,7,11-12,14-15H2,1H3/t17-/m1/s1. The number of rotatable bonds is 5. The third kappa shape index (κ3) is 4.34.